The number of benzene rings is 1. The molecule has 28 heavy (non-hydrogen) atoms. The molecule has 10 heteroatoms. The van der Waals surface area contributed by atoms with Crippen LogP contribution < -0.4 is 14.8 Å². The van der Waals surface area contributed by atoms with Crippen molar-refractivity contribution < 1.29 is 27.4 Å². The van der Waals surface area contributed by atoms with Crippen LogP contribution in [0.5, 0.6) is 11.5 Å². The van der Waals surface area contributed by atoms with E-state index in [4.69, 9.17) is 9.47 Å². The summed E-state index contributed by atoms with van der Waals surface area (Å²) in [6.07, 6.45) is -3.34. The van der Waals surface area contributed by atoms with Crippen LogP contribution in [-0.2, 0) is 0 Å². The van der Waals surface area contributed by atoms with E-state index in [-0.39, 0.29) is 18.0 Å². The van der Waals surface area contributed by atoms with Crippen LogP contribution in [0.25, 0.3) is 16.9 Å². The fourth-order valence-electron chi connectivity index (χ4n) is 2.83. The zero-order valence-corrected chi connectivity index (χ0v) is 14.9. The van der Waals surface area contributed by atoms with Crippen LogP contribution in [0.1, 0.15) is 23.0 Å². The molecule has 4 rings (SSSR count). The zero-order valence-electron chi connectivity index (χ0n) is 14.9. The number of hydrogen-bond acceptors (Lipinski definition) is 5. The molecule has 1 unspecified atom stereocenters. The average molecular weight is 392 g/mol. The SMILES string of the molecule is Cc1cc(-c2ccc3c(c2)OCO3)nc2c(C(=O)NC(C)C(F)(F)F)cnn12. The maximum Gasteiger partial charge on any atom is 0.408 e. The van der Waals surface area contributed by atoms with E-state index >= 15 is 0 Å². The van der Waals surface area contributed by atoms with Gasteiger partial charge in [-0.2, -0.15) is 18.3 Å². The fraction of sp³-hybridized carbons (Fsp3) is 0.278. The monoisotopic (exact) mass is 392 g/mol. The summed E-state index contributed by atoms with van der Waals surface area (Å²) in [5.74, 6) is 0.295. The molecule has 1 atom stereocenters. The van der Waals surface area contributed by atoms with Gasteiger partial charge in [0.05, 0.1) is 11.9 Å². The average Bonchev–Trinajstić information content (AvgIpc) is 3.26. The molecular formula is C18H15F3N4O3. The van der Waals surface area contributed by atoms with E-state index in [1.165, 1.54) is 10.7 Å². The molecule has 3 heterocycles. The molecule has 0 saturated heterocycles. The smallest absolute Gasteiger partial charge is 0.408 e. The van der Waals surface area contributed by atoms with Gasteiger partial charge < -0.3 is 14.8 Å². The van der Waals surface area contributed by atoms with Crippen LogP contribution in [0.3, 0.4) is 0 Å². The largest absolute Gasteiger partial charge is 0.454 e. The summed E-state index contributed by atoms with van der Waals surface area (Å²) < 4.78 is 50.3. The minimum atomic E-state index is -4.54. The van der Waals surface area contributed by atoms with Crippen molar-refractivity contribution in [1.29, 1.82) is 0 Å². The number of nitrogens with one attached hydrogen (secondary N) is 1. The second kappa shape index (κ2) is 6.39. The van der Waals surface area contributed by atoms with E-state index in [9.17, 15) is 18.0 Å². The first kappa shape index (κ1) is 18.1. The number of rotatable bonds is 3. The molecular weight excluding hydrogens is 377 g/mol. The summed E-state index contributed by atoms with van der Waals surface area (Å²) >= 11 is 0. The first-order valence-electron chi connectivity index (χ1n) is 8.37. The maximum absolute atomic E-state index is 12.8. The minimum Gasteiger partial charge on any atom is -0.454 e. The number of nitrogens with zero attached hydrogens (tertiary/aromatic N) is 3. The normalized spacial score (nSPS) is 14.3. The Kier molecular flexibility index (Phi) is 4.13. The number of hydrogen-bond donors (Lipinski definition) is 1. The summed E-state index contributed by atoms with van der Waals surface area (Å²) in [6, 6.07) is 5.05. The number of aryl methyl sites for hydroxylation is 1. The molecule has 1 amide bonds. The predicted octanol–water partition coefficient (Wildman–Crippen LogP) is 3.11. The summed E-state index contributed by atoms with van der Waals surface area (Å²) in [6.45, 7) is 2.77. The Morgan fingerprint density at radius 3 is 2.75 bits per heavy atom. The first-order valence-corrected chi connectivity index (χ1v) is 8.37. The summed E-state index contributed by atoms with van der Waals surface area (Å²) in [4.78, 5) is 16.8. The number of alkyl halides is 3. The lowest BCUT2D eigenvalue weighted by atomic mass is 10.1. The number of halogens is 3. The molecule has 1 N–H and O–H groups in total. The topological polar surface area (TPSA) is 77.8 Å². The van der Waals surface area contributed by atoms with Crippen LogP contribution in [-0.4, -0.2) is 39.5 Å². The number of carbonyl (C=O) groups excluding carboxylic acids is 1. The van der Waals surface area contributed by atoms with E-state index in [1.807, 2.05) is 5.32 Å². The molecule has 2 aromatic heterocycles. The molecule has 146 valence electrons. The molecule has 1 aliphatic heterocycles. The highest BCUT2D eigenvalue weighted by molar-refractivity contribution is 6.00. The van der Waals surface area contributed by atoms with Gasteiger partial charge in [0.25, 0.3) is 5.91 Å². The molecule has 0 radical (unpaired) electrons. The van der Waals surface area contributed by atoms with Crippen LogP contribution >= 0.6 is 0 Å². The van der Waals surface area contributed by atoms with E-state index in [0.717, 1.165) is 6.92 Å². The number of amides is 1. The standard InChI is InChI=1S/C18H15F3N4O3/c1-9-5-13(11-3-4-14-15(6-11)28-8-27-14)24-16-12(7-22-25(9)16)17(26)23-10(2)18(19,20)21/h3-7,10H,8H2,1-2H3,(H,23,26). The lowest BCUT2D eigenvalue weighted by molar-refractivity contribution is -0.149. The molecule has 7 nitrogen and oxygen atoms in total. The second-order valence-corrected chi connectivity index (χ2v) is 6.38. The van der Waals surface area contributed by atoms with Gasteiger partial charge in [0.15, 0.2) is 17.1 Å². The Balaban J connectivity index is 1.74. The Morgan fingerprint density at radius 2 is 2.00 bits per heavy atom. The van der Waals surface area contributed by atoms with Crippen molar-refractivity contribution in [1.82, 2.24) is 19.9 Å². The van der Waals surface area contributed by atoms with Gasteiger partial charge in [-0.15, -0.1) is 0 Å². The zero-order chi connectivity index (χ0) is 20.1. The Hall–Kier alpha value is -3.30. The van der Waals surface area contributed by atoms with E-state index in [1.54, 1.807) is 31.2 Å². The highest BCUT2D eigenvalue weighted by atomic mass is 19.4. The van der Waals surface area contributed by atoms with Crippen LogP contribution in [0.15, 0.2) is 30.5 Å². The van der Waals surface area contributed by atoms with E-state index in [0.29, 0.717) is 28.5 Å². The lowest BCUT2D eigenvalue weighted by Gasteiger charge is -2.16. The molecule has 0 spiro atoms. The van der Waals surface area contributed by atoms with Gasteiger partial charge in [0, 0.05) is 11.3 Å². The summed E-state index contributed by atoms with van der Waals surface area (Å²) in [5.41, 5.74) is 2.04. The maximum atomic E-state index is 12.8. The Morgan fingerprint density at radius 1 is 1.25 bits per heavy atom. The summed E-state index contributed by atoms with van der Waals surface area (Å²) in [7, 11) is 0. The number of aromatic nitrogens is 3. The predicted molar refractivity (Wildman–Crippen MR) is 92.3 cm³/mol. The summed E-state index contributed by atoms with van der Waals surface area (Å²) in [5, 5.41) is 6.00. The quantitative estimate of drug-likeness (QED) is 0.741. The van der Waals surface area contributed by atoms with Crippen molar-refractivity contribution >= 4 is 11.6 Å². The van der Waals surface area contributed by atoms with Crippen molar-refractivity contribution in [2.45, 2.75) is 26.1 Å². The Bertz CT molecular complexity index is 1080. The molecule has 1 aromatic carbocycles. The number of fused-ring (bicyclic) bond motifs is 2. The van der Waals surface area contributed by atoms with Gasteiger partial charge >= 0.3 is 6.18 Å². The van der Waals surface area contributed by atoms with Crippen LogP contribution in [0.2, 0.25) is 0 Å². The molecule has 0 fully saturated rings. The molecule has 0 saturated carbocycles. The third kappa shape index (κ3) is 3.10. The molecule has 3 aromatic rings. The third-order valence-corrected chi connectivity index (χ3v) is 4.40. The number of carbonyl (C=O) groups is 1. The van der Waals surface area contributed by atoms with Gasteiger partial charge in [-0.05, 0) is 38.1 Å². The number of ether oxygens (including phenoxy) is 2. The van der Waals surface area contributed by atoms with Gasteiger partial charge in [-0.25, -0.2) is 9.50 Å². The van der Waals surface area contributed by atoms with Gasteiger partial charge in [0.2, 0.25) is 6.79 Å². The third-order valence-electron chi connectivity index (χ3n) is 4.40. The van der Waals surface area contributed by atoms with Crippen LogP contribution in [0, 0.1) is 6.92 Å². The molecule has 0 aliphatic carbocycles. The minimum absolute atomic E-state index is 0.0400. The van der Waals surface area contributed by atoms with Crippen molar-refractivity contribution in [2.24, 2.45) is 0 Å². The second-order valence-electron chi connectivity index (χ2n) is 6.38. The molecule has 1 aliphatic rings. The van der Waals surface area contributed by atoms with Gasteiger partial charge in [-0.1, -0.05) is 0 Å². The highest BCUT2D eigenvalue weighted by Gasteiger charge is 2.37. The highest BCUT2D eigenvalue weighted by Crippen LogP contribution is 2.35. The van der Waals surface area contributed by atoms with Crippen molar-refractivity contribution in [3.05, 3.63) is 41.7 Å². The van der Waals surface area contributed by atoms with Gasteiger partial charge in [0.1, 0.15) is 11.6 Å². The Labute approximate surface area is 157 Å². The van der Waals surface area contributed by atoms with Crippen molar-refractivity contribution in [3.63, 3.8) is 0 Å². The van der Waals surface area contributed by atoms with Crippen molar-refractivity contribution in [2.75, 3.05) is 6.79 Å². The fourth-order valence-corrected chi connectivity index (χ4v) is 2.83. The first-order chi connectivity index (χ1) is 13.2. The lowest BCUT2D eigenvalue weighted by Crippen LogP contribution is -2.43. The van der Waals surface area contributed by atoms with E-state index in [2.05, 4.69) is 10.1 Å². The van der Waals surface area contributed by atoms with Crippen molar-refractivity contribution in [3.8, 4) is 22.8 Å². The van der Waals surface area contributed by atoms with Gasteiger partial charge in [-0.3, -0.25) is 4.79 Å². The van der Waals surface area contributed by atoms with E-state index < -0.39 is 18.1 Å². The molecule has 0 bridgehead atoms. The van der Waals surface area contributed by atoms with Crippen LogP contribution in [0.4, 0.5) is 13.2 Å².